The van der Waals surface area contributed by atoms with E-state index in [2.05, 4.69) is 36.9 Å². The molecule has 0 bridgehead atoms. The van der Waals surface area contributed by atoms with Gasteiger partial charge in [-0.2, -0.15) is 0 Å². The maximum Gasteiger partial charge on any atom is 0.383 e. The number of fused-ring (bicyclic) bond motifs is 4. The highest BCUT2D eigenvalue weighted by molar-refractivity contribution is 9.10. The van der Waals surface area contributed by atoms with Gasteiger partial charge in [-0.3, -0.25) is 9.69 Å². The Balaban J connectivity index is 1.67. The monoisotopic (exact) mass is 602 g/mol. The largest absolute Gasteiger partial charge is 0.452 e. The fourth-order valence-electron chi connectivity index (χ4n) is 4.49. The van der Waals surface area contributed by atoms with Crippen molar-refractivity contribution in [3.8, 4) is 11.5 Å². The molecule has 0 aliphatic carbocycles. The number of benzene rings is 4. The SMILES string of the molecule is O=C1C2=Nc3cccc(Br)c3C(Oc3ccccc3)(C(=O)Oc3ccccc3)N2c2cccc(Br)c21. The van der Waals surface area contributed by atoms with Gasteiger partial charge in [-0.05, 0) is 64.5 Å². The van der Waals surface area contributed by atoms with Gasteiger partial charge in [0.05, 0.1) is 22.5 Å². The lowest BCUT2D eigenvalue weighted by Gasteiger charge is -2.43. The molecule has 1 unspecified atom stereocenters. The van der Waals surface area contributed by atoms with Crippen molar-refractivity contribution < 1.29 is 19.1 Å². The maximum atomic E-state index is 14.4. The lowest BCUT2D eigenvalue weighted by atomic mass is 9.96. The van der Waals surface area contributed by atoms with Crippen molar-refractivity contribution in [3.05, 3.63) is 117 Å². The summed E-state index contributed by atoms with van der Waals surface area (Å²) < 4.78 is 13.7. The van der Waals surface area contributed by atoms with Crippen molar-refractivity contribution in [1.82, 2.24) is 0 Å². The molecule has 0 fully saturated rings. The number of anilines is 1. The van der Waals surface area contributed by atoms with Crippen LogP contribution in [0.15, 0.2) is 111 Å². The van der Waals surface area contributed by atoms with Crippen molar-refractivity contribution in [2.75, 3.05) is 4.90 Å². The smallest absolute Gasteiger partial charge is 0.383 e. The van der Waals surface area contributed by atoms with Crippen LogP contribution in [0.5, 0.6) is 11.5 Å². The van der Waals surface area contributed by atoms with Gasteiger partial charge in [-0.1, -0.05) is 64.5 Å². The Labute approximate surface area is 223 Å². The fourth-order valence-corrected chi connectivity index (χ4v) is 5.65. The Kier molecular flexibility index (Phi) is 5.50. The molecule has 0 radical (unpaired) electrons. The van der Waals surface area contributed by atoms with E-state index < -0.39 is 11.7 Å². The van der Waals surface area contributed by atoms with E-state index in [0.29, 0.717) is 42.9 Å². The van der Waals surface area contributed by atoms with E-state index in [4.69, 9.17) is 9.47 Å². The van der Waals surface area contributed by atoms with Crippen LogP contribution < -0.4 is 14.4 Å². The number of amidine groups is 1. The zero-order valence-electron chi connectivity index (χ0n) is 18.5. The van der Waals surface area contributed by atoms with Crippen molar-refractivity contribution in [1.29, 1.82) is 0 Å². The number of ketones is 1. The molecule has 1 atom stereocenters. The molecule has 176 valence electrons. The molecule has 0 aromatic heterocycles. The van der Waals surface area contributed by atoms with Crippen LogP contribution in [-0.4, -0.2) is 17.6 Å². The van der Waals surface area contributed by atoms with Gasteiger partial charge >= 0.3 is 11.7 Å². The number of aliphatic imine (C=N–C) groups is 1. The second kappa shape index (κ2) is 8.72. The minimum absolute atomic E-state index is 0.0726. The summed E-state index contributed by atoms with van der Waals surface area (Å²) in [7, 11) is 0. The molecule has 6 rings (SSSR count). The average Bonchev–Trinajstić information content (AvgIpc) is 3.18. The third kappa shape index (κ3) is 3.40. The zero-order chi connectivity index (χ0) is 24.9. The number of hydrogen-bond acceptors (Lipinski definition) is 6. The minimum Gasteiger partial charge on any atom is -0.452 e. The number of para-hydroxylation sites is 2. The standard InChI is InChI=1S/C28H16Br2N2O4/c29-19-13-8-16-22-23(19)25(33)26-31-21-15-7-14-20(30)24(21)28(32(22)26,36-18-11-5-2-6-12-18)27(34)35-17-9-3-1-4-10-17/h1-16H. The summed E-state index contributed by atoms with van der Waals surface area (Å²) in [4.78, 5) is 34.2. The van der Waals surface area contributed by atoms with Crippen molar-refractivity contribution >= 4 is 60.8 Å². The van der Waals surface area contributed by atoms with Crippen LogP contribution in [0.2, 0.25) is 0 Å². The molecule has 2 aliphatic heterocycles. The summed E-state index contributed by atoms with van der Waals surface area (Å²) in [5, 5.41) is 0. The van der Waals surface area contributed by atoms with Gasteiger partial charge in [0.15, 0.2) is 5.84 Å². The lowest BCUT2D eigenvalue weighted by molar-refractivity contribution is -0.152. The summed E-state index contributed by atoms with van der Waals surface area (Å²) >= 11 is 7.11. The Morgan fingerprint density at radius 3 is 2.14 bits per heavy atom. The zero-order valence-corrected chi connectivity index (χ0v) is 21.7. The first-order valence-corrected chi connectivity index (χ1v) is 12.6. The van der Waals surface area contributed by atoms with Gasteiger partial charge in [0.25, 0.3) is 0 Å². The summed E-state index contributed by atoms with van der Waals surface area (Å²) in [6.07, 6.45) is 0. The number of esters is 1. The second-order valence-electron chi connectivity index (χ2n) is 8.13. The van der Waals surface area contributed by atoms with Crippen molar-refractivity contribution in [3.63, 3.8) is 0 Å². The Morgan fingerprint density at radius 2 is 1.42 bits per heavy atom. The normalized spacial score (nSPS) is 17.6. The number of halogens is 2. The molecule has 0 amide bonds. The number of nitrogens with zero attached hydrogens (tertiary/aromatic N) is 2. The first-order valence-electron chi connectivity index (χ1n) is 11.0. The van der Waals surface area contributed by atoms with Crippen molar-refractivity contribution in [2.24, 2.45) is 4.99 Å². The van der Waals surface area contributed by atoms with Crippen LogP contribution in [0.1, 0.15) is 15.9 Å². The Bertz CT molecular complexity index is 1560. The number of carbonyl (C=O) groups is 2. The molecule has 2 heterocycles. The second-order valence-corrected chi connectivity index (χ2v) is 9.84. The van der Waals surface area contributed by atoms with E-state index >= 15 is 0 Å². The molecular formula is C28H16Br2N2O4. The highest BCUT2D eigenvalue weighted by Gasteiger charge is 2.61. The van der Waals surface area contributed by atoms with E-state index in [0.717, 1.165) is 0 Å². The summed E-state index contributed by atoms with van der Waals surface area (Å²) in [5.41, 5.74) is -0.178. The van der Waals surface area contributed by atoms with Crippen molar-refractivity contribution in [2.45, 2.75) is 5.72 Å². The fraction of sp³-hybridized carbons (Fsp3) is 0.0357. The molecule has 4 aromatic rings. The molecule has 2 aliphatic rings. The molecule has 0 spiro atoms. The molecular weight excluding hydrogens is 588 g/mol. The number of Topliss-reactive ketones (excluding diaryl/α,β-unsaturated/α-hetero) is 1. The minimum atomic E-state index is -1.91. The third-order valence-corrected chi connectivity index (χ3v) is 7.31. The molecule has 6 nitrogen and oxygen atoms in total. The molecule has 0 N–H and O–H groups in total. The highest BCUT2D eigenvalue weighted by atomic mass is 79.9. The van der Waals surface area contributed by atoms with Gasteiger partial charge in [0.1, 0.15) is 11.5 Å². The van der Waals surface area contributed by atoms with E-state index in [1.807, 2.05) is 24.3 Å². The predicted octanol–water partition coefficient (Wildman–Crippen LogP) is 6.80. The van der Waals surface area contributed by atoms with E-state index in [1.54, 1.807) is 77.7 Å². The van der Waals surface area contributed by atoms with Gasteiger partial charge in [0.2, 0.25) is 5.78 Å². The van der Waals surface area contributed by atoms with E-state index in [-0.39, 0.29) is 11.6 Å². The Morgan fingerprint density at radius 1 is 0.778 bits per heavy atom. The topological polar surface area (TPSA) is 68.2 Å². The van der Waals surface area contributed by atoms with Crippen LogP contribution in [0.3, 0.4) is 0 Å². The van der Waals surface area contributed by atoms with Crippen LogP contribution in [0, 0.1) is 0 Å². The quantitative estimate of drug-likeness (QED) is 0.190. The molecule has 0 saturated carbocycles. The van der Waals surface area contributed by atoms with Gasteiger partial charge in [-0.15, -0.1) is 0 Å². The van der Waals surface area contributed by atoms with Gasteiger partial charge in [0, 0.05) is 8.95 Å². The van der Waals surface area contributed by atoms with Crippen LogP contribution in [0.4, 0.5) is 11.4 Å². The number of hydrogen-bond donors (Lipinski definition) is 0. The van der Waals surface area contributed by atoms with Crippen LogP contribution >= 0.6 is 31.9 Å². The maximum absolute atomic E-state index is 14.4. The number of carbonyl (C=O) groups excluding carboxylic acids is 2. The van der Waals surface area contributed by atoms with Crippen LogP contribution in [-0.2, 0) is 10.5 Å². The van der Waals surface area contributed by atoms with E-state index in [9.17, 15) is 9.59 Å². The molecule has 0 saturated heterocycles. The average molecular weight is 604 g/mol. The summed E-state index contributed by atoms with van der Waals surface area (Å²) in [5.74, 6) is -0.212. The first kappa shape index (κ1) is 22.7. The third-order valence-electron chi connectivity index (χ3n) is 5.99. The Hall–Kier alpha value is -3.75. The highest BCUT2D eigenvalue weighted by Crippen LogP contribution is 2.51. The van der Waals surface area contributed by atoms with E-state index in [1.165, 1.54) is 0 Å². The number of ether oxygens (including phenoxy) is 2. The molecule has 4 aromatic carbocycles. The summed E-state index contributed by atoms with van der Waals surface area (Å²) in [6, 6.07) is 28.4. The molecule has 8 heteroatoms. The number of rotatable bonds is 4. The van der Waals surface area contributed by atoms with Gasteiger partial charge < -0.3 is 9.47 Å². The lowest BCUT2D eigenvalue weighted by Crippen LogP contribution is -2.61. The van der Waals surface area contributed by atoms with Gasteiger partial charge in [-0.25, -0.2) is 9.79 Å². The summed E-state index contributed by atoms with van der Waals surface area (Å²) in [6.45, 7) is 0. The molecule has 36 heavy (non-hydrogen) atoms. The van der Waals surface area contributed by atoms with Crippen LogP contribution in [0.25, 0.3) is 0 Å². The first-order chi connectivity index (χ1) is 17.5. The predicted molar refractivity (Wildman–Crippen MR) is 143 cm³/mol.